The number of likely N-dealkylation sites (N-methyl/N-ethyl adjacent to an activating group) is 1. The number of piperazine rings is 1. The standard InChI is InChI=1S/C27H39N5O2/c1-4-31-9-8-30(21-23(31)3)10-15-34-27-18-26(32-11-13-33-14-12-32)17-25(29-27)20-28-19-24-7-5-6-22(2)16-24/h5-7,16-19,23H,4,8-15,20-21H2,1-3H3/t23-/m0/s1. The molecule has 0 aliphatic carbocycles. The molecule has 1 atom stereocenters. The first-order chi connectivity index (χ1) is 16.6. The summed E-state index contributed by atoms with van der Waals surface area (Å²) in [5.41, 5.74) is 4.41. The molecular weight excluding hydrogens is 426 g/mol. The number of aromatic nitrogens is 1. The maximum atomic E-state index is 6.17. The quantitative estimate of drug-likeness (QED) is 0.530. The van der Waals surface area contributed by atoms with Crippen LogP contribution in [0.1, 0.15) is 30.7 Å². The van der Waals surface area contributed by atoms with E-state index in [4.69, 9.17) is 14.5 Å². The molecule has 7 nitrogen and oxygen atoms in total. The molecule has 34 heavy (non-hydrogen) atoms. The number of aliphatic imine (C=N–C) groups is 1. The smallest absolute Gasteiger partial charge is 0.215 e. The van der Waals surface area contributed by atoms with E-state index < -0.39 is 0 Å². The molecule has 3 heterocycles. The van der Waals surface area contributed by atoms with Gasteiger partial charge in [0, 0.05) is 63.3 Å². The number of pyridine rings is 1. The molecule has 4 rings (SSSR count). The highest BCUT2D eigenvalue weighted by Crippen LogP contribution is 2.23. The average molecular weight is 466 g/mol. The molecule has 2 saturated heterocycles. The summed E-state index contributed by atoms with van der Waals surface area (Å²) in [5.74, 6) is 0.685. The first kappa shape index (κ1) is 24.6. The van der Waals surface area contributed by atoms with E-state index in [1.54, 1.807) is 0 Å². The molecule has 0 spiro atoms. The van der Waals surface area contributed by atoms with Gasteiger partial charge in [0.1, 0.15) is 6.61 Å². The van der Waals surface area contributed by atoms with E-state index in [2.05, 4.69) is 76.9 Å². The zero-order valence-corrected chi connectivity index (χ0v) is 20.9. The van der Waals surface area contributed by atoms with Crippen LogP contribution < -0.4 is 9.64 Å². The molecule has 2 aromatic rings. The van der Waals surface area contributed by atoms with Gasteiger partial charge in [0.2, 0.25) is 5.88 Å². The van der Waals surface area contributed by atoms with Crippen LogP contribution in [0.25, 0.3) is 0 Å². The summed E-state index contributed by atoms with van der Waals surface area (Å²) < 4.78 is 11.7. The molecule has 0 amide bonds. The predicted octanol–water partition coefficient (Wildman–Crippen LogP) is 3.25. The van der Waals surface area contributed by atoms with E-state index in [0.29, 0.717) is 25.1 Å². The van der Waals surface area contributed by atoms with Gasteiger partial charge in [-0.25, -0.2) is 4.98 Å². The number of nitrogens with zero attached hydrogens (tertiary/aromatic N) is 5. The van der Waals surface area contributed by atoms with E-state index in [1.807, 2.05) is 6.21 Å². The Morgan fingerprint density at radius 1 is 1.15 bits per heavy atom. The van der Waals surface area contributed by atoms with E-state index >= 15 is 0 Å². The lowest BCUT2D eigenvalue weighted by Gasteiger charge is -2.39. The number of rotatable bonds is 9. The fourth-order valence-electron chi connectivity index (χ4n) is 4.72. The number of ether oxygens (including phenoxy) is 2. The third kappa shape index (κ3) is 7.01. The minimum atomic E-state index is 0.527. The summed E-state index contributed by atoms with van der Waals surface area (Å²) in [6, 6.07) is 13.2. The molecule has 7 heteroatoms. The molecule has 0 radical (unpaired) electrons. The molecule has 1 aromatic carbocycles. The van der Waals surface area contributed by atoms with Crippen molar-refractivity contribution in [2.24, 2.45) is 4.99 Å². The Morgan fingerprint density at radius 2 is 2.00 bits per heavy atom. The molecule has 0 unspecified atom stereocenters. The highest BCUT2D eigenvalue weighted by atomic mass is 16.5. The van der Waals surface area contributed by atoms with Gasteiger partial charge in [-0.2, -0.15) is 0 Å². The lowest BCUT2D eigenvalue weighted by Crippen LogP contribution is -2.52. The maximum absolute atomic E-state index is 6.17. The summed E-state index contributed by atoms with van der Waals surface area (Å²) >= 11 is 0. The van der Waals surface area contributed by atoms with Crippen molar-refractivity contribution in [1.29, 1.82) is 0 Å². The summed E-state index contributed by atoms with van der Waals surface area (Å²) in [6.45, 7) is 16.5. The minimum Gasteiger partial charge on any atom is -0.476 e. The van der Waals surface area contributed by atoms with Gasteiger partial charge in [0.15, 0.2) is 0 Å². The zero-order chi connectivity index (χ0) is 23.8. The highest BCUT2D eigenvalue weighted by Gasteiger charge is 2.22. The van der Waals surface area contributed by atoms with Crippen LogP contribution in [-0.2, 0) is 11.3 Å². The predicted molar refractivity (Wildman–Crippen MR) is 138 cm³/mol. The number of anilines is 1. The third-order valence-corrected chi connectivity index (χ3v) is 6.66. The first-order valence-electron chi connectivity index (χ1n) is 12.6. The second-order valence-electron chi connectivity index (χ2n) is 9.26. The number of aryl methyl sites for hydroxylation is 1. The van der Waals surface area contributed by atoms with Gasteiger partial charge in [-0.15, -0.1) is 0 Å². The van der Waals surface area contributed by atoms with E-state index in [0.717, 1.165) is 76.0 Å². The second kappa shape index (κ2) is 12.3. The molecule has 2 aliphatic rings. The van der Waals surface area contributed by atoms with Crippen molar-refractivity contribution in [3.63, 3.8) is 0 Å². The van der Waals surface area contributed by atoms with Crippen molar-refractivity contribution in [2.75, 3.05) is 70.5 Å². The number of hydrogen-bond acceptors (Lipinski definition) is 7. The van der Waals surface area contributed by atoms with Crippen LogP contribution in [-0.4, -0.2) is 92.7 Å². The summed E-state index contributed by atoms with van der Waals surface area (Å²) in [4.78, 5) is 16.8. The number of morpholine rings is 1. The van der Waals surface area contributed by atoms with Crippen molar-refractivity contribution >= 4 is 11.9 Å². The fourth-order valence-corrected chi connectivity index (χ4v) is 4.72. The Kier molecular flexibility index (Phi) is 8.91. The molecule has 0 bridgehead atoms. The Labute approximate surface area is 204 Å². The van der Waals surface area contributed by atoms with Crippen LogP contribution in [0.4, 0.5) is 5.69 Å². The average Bonchev–Trinajstić information content (AvgIpc) is 2.85. The molecule has 2 fully saturated rings. The molecule has 184 valence electrons. The van der Waals surface area contributed by atoms with Crippen LogP contribution in [0, 0.1) is 6.92 Å². The molecule has 0 saturated carbocycles. The number of benzene rings is 1. The van der Waals surface area contributed by atoms with E-state index in [1.165, 1.54) is 5.56 Å². The first-order valence-corrected chi connectivity index (χ1v) is 12.6. The van der Waals surface area contributed by atoms with Gasteiger partial charge in [-0.05, 0) is 32.0 Å². The van der Waals surface area contributed by atoms with Gasteiger partial charge in [-0.3, -0.25) is 14.8 Å². The van der Waals surface area contributed by atoms with Gasteiger partial charge in [0.05, 0.1) is 25.5 Å². The lowest BCUT2D eigenvalue weighted by atomic mass is 10.1. The topological polar surface area (TPSA) is 53.4 Å². The molecule has 0 N–H and O–H groups in total. The highest BCUT2D eigenvalue weighted by molar-refractivity contribution is 5.79. The van der Waals surface area contributed by atoms with Crippen LogP contribution in [0.3, 0.4) is 0 Å². The lowest BCUT2D eigenvalue weighted by molar-refractivity contribution is 0.0776. The van der Waals surface area contributed by atoms with Crippen molar-refractivity contribution in [2.45, 2.75) is 33.4 Å². The van der Waals surface area contributed by atoms with E-state index in [9.17, 15) is 0 Å². The SMILES string of the molecule is CCN1CCN(CCOc2cc(N3CCOCC3)cc(CN=Cc3cccc(C)c3)n2)C[C@@H]1C. The molecule has 2 aliphatic heterocycles. The van der Waals surface area contributed by atoms with Crippen LogP contribution in [0.15, 0.2) is 41.4 Å². The summed E-state index contributed by atoms with van der Waals surface area (Å²) in [6.07, 6.45) is 1.92. The van der Waals surface area contributed by atoms with Crippen molar-refractivity contribution in [3.8, 4) is 5.88 Å². The van der Waals surface area contributed by atoms with Gasteiger partial charge < -0.3 is 14.4 Å². The van der Waals surface area contributed by atoms with Gasteiger partial charge in [0.25, 0.3) is 0 Å². The van der Waals surface area contributed by atoms with Crippen molar-refractivity contribution in [3.05, 3.63) is 53.2 Å². The normalized spacial score (nSPS) is 20.2. The van der Waals surface area contributed by atoms with Crippen LogP contribution in [0.2, 0.25) is 0 Å². The minimum absolute atomic E-state index is 0.527. The Bertz CT molecular complexity index is 944. The Hall–Kier alpha value is -2.48. The Balaban J connectivity index is 1.40. The number of hydrogen-bond donors (Lipinski definition) is 0. The van der Waals surface area contributed by atoms with Gasteiger partial charge >= 0.3 is 0 Å². The van der Waals surface area contributed by atoms with Gasteiger partial charge in [-0.1, -0.05) is 36.8 Å². The summed E-state index contributed by atoms with van der Waals surface area (Å²) in [5, 5.41) is 0. The molecule has 1 aromatic heterocycles. The largest absolute Gasteiger partial charge is 0.476 e. The Morgan fingerprint density at radius 3 is 2.76 bits per heavy atom. The van der Waals surface area contributed by atoms with Crippen LogP contribution in [0.5, 0.6) is 5.88 Å². The van der Waals surface area contributed by atoms with E-state index in [-0.39, 0.29) is 0 Å². The molecular formula is C27H39N5O2. The summed E-state index contributed by atoms with van der Waals surface area (Å²) in [7, 11) is 0. The van der Waals surface area contributed by atoms with Crippen molar-refractivity contribution in [1.82, 2.24) is 14.8 Å². The maximum Gasteiger partial charge on any atom is 0.215 e. The van der Waals surface area contributed by atoms with Crippen LogP contribution >= 0.6 is 0 Å². The second-order valence-corrected chi connectivity index (χ2v) is 9.26. The zero-order valence-electron chi connectivity index (χ0n) is 20.9. The fraction of sp³-hybridized carbons (Fsp3) is 0.556. The van der Waals surface area contributed by atoms with Crippen molar-refractivity contribution < 1.29 is 9.47 Å². The monoisotopic (exact) mass is 465 g/mol. The third-order valence-electron chi connectivity index (χ3n) is 6.66.